The zero-order valence-electron chi connectivity index (χ0n) is 8.78. The lowest BCUT2D eigenvalue weighted by atomic mass is 9.88. The van der Waals surface area contributed by atoms with Crippen LogP contribution in [0.25, 0.3) is 0 Å². The highest BCUT2D eigenvalue weighted by atomic mass is 19.1. The molecule has 86 valence electrons. The molecule has 0 radical (unpaired) electrons. The number of hydrogen-bond acceptors (Lipinski definition) is 3. The molecule has 1 saturated heterocycles. The van der Waals surface area contributed by atoms with Crippen LogP contribution in [0.5, 0.6) is 11.5 Å². The molecule has 0 aromatic heterocycles. The Morgan fingerprint density at radius 2 is 2.31 bits per heavy atom. The van der Waals surface area contributed by atoms with Gasteiger partial charge >= 0.3 is 0 Å². The molecule has 2 aliphatic rings. The molecule has 4 heteroatoms. The topological polar surface area (TPSA) is 38.7 Å². The van der Waals surface area contributed by atoms with Gasteiger partial charge in [-0.1, -0.05) is 6.07 Å². The molecule has 1 N–H and O–H groups in total. The summed E-state index contributed by atoms with van der Waals surface area (Å²) in [6, 6.07) is 4.95. The number of halogens is 1. The lowest BCUT2D eigenvalue weighted by Crippen LogP contribution is -2.50. The van der Waals surface area contributed by atoms with Gasteiger partial charge in [0.05, 0.1) is 13.2 Å². The number of rotatable bonds is 0. The fourth-order valence-corrected chi connectivity index (χ4v) is 2.42. The minimum atomic E-state index is -1.10. The van der Waals surface area contributed by atoms with Crippen molar-refractivity contribution in [1.29, 1.82) is 0 Å². The Labute approximate surface area is 92.8 Å². The summed E-state index contributed by atoms with van der Waals surface area (Å²) in [4.78, 5) is 0. The first kappa shape index (κ1) is 9.90. The predicted octanol–water partition coefficient (Wildman–Crippen LogP) is 1.82. The van der Waals surface area contributed by atoms with E-state index in [1.807, 2.05) is 0 Å². The van der Waals surface area contributed by atoms with Gasteiger partial charge < -0.3 is 14.6 Å². The minimum absolute atomic E-state index is 0.0972. The summed E-state index contributed by atoms with van der Waals surface area (Å²) in [5.74, 6) is 0.753. The van der Waals surface area contributed by atoms with Crippen molar-refractivity contribution in [3.63, 3.8) is 0 Å². The molecule has 2 atom stereocenters. The van der Waals surface area contributed by atoms with Crippen molar-refractivity contribution in [2.45, 2.75) is 24.6 Å². The second-order valence-corrected chi connectivity index (χ2v) is 4.43. The van der Waals surface area contributed by atoms with E-state index in [1.165, 1.54) is 0 Å². The highest BCUT2D eigenvalue weighted by Gasteiger charge is 2.48. The molecular weight excluding hydrogens is 211 g/mol. The van der Waals surface area contributed by atoms with Crippen LogP contribution in [-0.4, -0.2) is 30.1 Å². The van der Waals surface area contributed by atoms with Crippen LogP contribution in [0.4, 0.5) is 4.39 Å². The molecule has 2 aliphatic heterocycles. The number of ether oxygens (including phenoxy) is 2. The smallest absolute Gasteiger partial charge is 0.163 e. The quantitative estimate of drug-likeness (QED) is 0.730. The normalized spacial score (nSPS) is 32.4. The molecule has 1 fully saturated rings. The van der Waals surface area contributed by atoms with Crippen LogP contribution in [0.15, 0.2) is 18.2 Å². The highest BCUT2D eigenvalue weighted by molar-refractivity contribution is 5.44. The van der Waals surface area contributed by atoms with Gasteiger partial charge in [-0.25, -0.2) is 4.39 Å². The van der Waals surface area contributed by atoms with E-state index < -0.39 is 11.8 Å². The Morgan fingerprint density at radius 1 is 1.44 bits per heavy atom. The van der Waals surface area contributed by atoms with Crippen LogP contribution in [-0.2, 0) is 11.2 Å². The fraction of sp³-hybridized carbons (Fsp3) is 0.500. The molecule has 2 heterocycles. The van der Waals surface area contributed by atoms with Gasteiger partial charge in [-0.2, -0.15) is 0 Å². The third kappa shape index (κ3) is 1.37. The summed E-state index contributed by atoms with van der Waals surface area (Å²) in [5, 5.41) is 9.35. The highest BCUT2D eigenvalue weighted by Crippen LogP contribution is 2.42. The molecule has 1 spiro atoms. The van der Waals surface area contributed by atoms with Crippen LogP contribution < -0.4 is 4.74 Å². The maximum Gasteiger partial charge on any atom is 0.163 e. The maximum absolute atomic E-state index is 13.9. The van der Waals surface area contributed by atoms with Gasteiger partial charge in [-0.3, -0.25) is 0 Å². The zero-order chi connectivity index (χ0) is 11.2. The summed E-state index contributed by atoms with van der Waals surface area (Å²) in [5.41, 5.74) is 0.191. The first-order chi connectivity index (χ1) is 7.70. The minimum Gasteiger partial charge on any atom is -0.508 e. The third-order valence-corrected chi connectivity index (χ3v) is 3.36. The van der Waals surface area contributed by atoms with Crippen molar-refractivity contribution in [3.8, 4) is 11.5 Å². The predicted molar refractivity (Wildman–Crippen MR) is 55.5 cm³/mol. The monoisotopic (exact) mass is 224 g/mol. The van der Waals surface area contributed by atoms with Crippen LogP contribution in [0, 0.1) is 0 Å². The van der Waals surface area contributed by atoms with Crippen LogP contribution in [0.2, 0.25) is 0 Å². The fourth-order valence-electron chi connectivity index (χ4n) is 2.42. The molecule has 16 heavy (non-hydrogen) atoms. The summed E-state index contributed by atoms with van der Waals surface area (Å²) in [7, 11) is 0. The average Bonchev–Trinajstić information content (AvgIpc) is 2.61. The number of fused-ring (bicyclic) bond motifs is 1. The van der Waals surface area contributed by atoms with E-state index in [2.05, 4.69) is 0 Å². The molecule has 0 amide bonds. The Kier molecular flexibility index (Phi) is 2.07. The van der Waals surface area contributed by atoms with E-state index in [0.717, 1.165) is 5.56 Å². The van der Waals surface area contributed by atoms with Crippen molar-refractivity contribution in [2.75, 3.05) is 13.2 Å². The molecule has 0 saturated carbocycles. The molecular formula is C12H13FO3. The summed E-state index contributed by atoms with van der Waals surface area (Å²) in [6.07, 6.45) is 0.0207. The number of phenolic OH excluding ortho intramolecular Hbond substituents is 1. The van der Waals surface area contributed by atoms with Crippen molar-refractivity contribution in [2.24, 2.45) is 0 Å². The standard InChI is InChI=1S/C12H13FO3/c13-11-7-15-4-3-12(11)6-8-1-2-9(14)5-10(8)16-12/h1-2,5,11,14H,3-4,6-7H2. The molecule has 3 nitrogen and oxygen atoms in total. The van der Waals surface area contributed by atoms with Crippen molar-refractivity contribution in [3.05, 3.63) is 23.8 Å². The molecule has 0 aliphatic carbocycles. The average molecular weight is 224 g/mol. The van der Waals surface area contributed by atoms with E-state index in [4.69, 9.17) is 9.47 Å². The summed E-state index contributed by atoms with van der Waals surface area (Å²) < 4.78 is 24.7. The molecule has 3 rings (SSSR count). The number of phenols is 1. The Balaban J connectivity index is 1.93. The van der Waals surface area contributed by atoms with Crippen molar-refractivity contribution in [1.82, 2.24) is 0 Å². The molecule has 2 unspecified atom stereocenters. The maximum atomic E-state index is 13.9. The lowest BCUT2D eigenvalue weighted by Gasteiger charge is -2.35. The molecule has 0 bridgehead atoms. The lowest BCUT2D eigenvalue weighted by molar-refractivity contribution is -0.0954. The Hall–Kier alpha value is -1.29. The summed E-state index contributed by atoms with van der Waals surface area (Å²) >= 11 is 0. The number of benzene rings is 1. The number of hydrogen-bond donors (Lipinski definition) is 1. The van der Waals surface area contributed by atoms with Crippen molar-refractivity contribution >= 4 is 0 Å². The number of aromatic hydroxyl groups is 1. The van der Waals surface area contributed by atoms with E-state index in [1.54, 1.807) is 18.2 Å². The Morgan fingerprint density at radius 3 is 3.12 bits per heavy atom. The van der Waals surface area contributed by atoms with Crippen LogP contribution >= 0.6 is 0 Å². The van der Waals surface area contributed by atoms with Gasteiger partial charge in [0.25, 0.3) is 0 Å². The SMILES string of the molecule is Oc1ccc2c(c1)OC1(CCOCC1F)C2. The van der Waals surface area contributed by atoms with E-state index in [-0.39, 0.29) is 12.4 Å². The van der Waals surface area contributed by atoms with E-state index in [0.29, 0.717) is 25.2 Å². The first-order valence-electron chi connectivity index (χ1n) is 5.42. The largest absolute Gasteiger partial charge is 0.508 e. The van der Waals surface area contributed by atoms with Crippen LogP contribution in [0.3, 0.4) is 0 Å². The van der Waals surface area contributed by atoms with Gasteiger partial charge in [0.15, 0.2) is 6.17 Å². The molecule has 1 aromatic carbocycles. The first-order valence-corrected chi connectivity index (χ1v) is 5.42. The number of alkyl halides is 1. The summed E-state index contributed by atoms with van der Waals surface area (Å²) in [6.45, 7) is 0.625. The van der Waals surface area contributed by atoms with E-state index in [9.17, 15) is 9.50 Å². The van der Waals surface area contributed by atoms with Gasteiger partial charge in [0, 0.05) is 18.9 Å². The second kappa shape index (κ2) is 3.35. The van der Waals surface area contributed by atoms with Crippen LogP contribution in [0.1, 0.15) is 12.0 Å². The van der Waals surface area contributed by atoms with Gasteiger partial charge in [-0.05, 0) is 11.6 Å². The van der Waals surface area contributed by atoms with Gasteiger partial charge in [0.2, 0.25) is 0 Å². The van der Waals surface area contributed by atoms with Gasteiger partial charge in [0.1, 0.15) is 17.1 Å². The van der Waals surface area contributed by atoms with E-state index >= 15 is 0 Å². The Bertz CT molecular complexity index is 421. The second-order valence-electron chi connectivity index (χ2n) is 4.43. The van der Waals surface area contributed by atoms with Crippen molar-refractivity contribution < 1.29 is 19.0 Å². The van der Waals surface area contributed by atoms with Gasteiger partial charge in [-0.15, -0.1) is 0 Å². The zero-order valence-corrected chi connectivity index (χ0v) is 8.78. The molecule has 1 aromatic rings. The third-order valence-electron chi connectivity index (χ3n) is 3.36.